The quantitative estimate of drug-likeness (QED) is 0.246. The van der Waals surface area contributed by atoms with E-state index < -0.39 is 34.9 Å². The first kappa shape index (κ1) is 26.4. The van der Waals surface area contributed by atoms with Crippen LogP contribution in [0, 0.1) is 17.5 Å². The maximum atomic E-state index is 13.4. The number of fused-ring (bicyclic) bond motifs is 1. The van der Waals surface area contributed by atoms with Gasteiger partial charge in [0.25, 0.3) is 0 Å². The number of imidazole rings is 1. The van der Waals surface area contributed by atoms with Crippen LogP contribution in [0.4, 0.5) is 13.2 Å². The number of aromatic nitrogens is 2. The van der Waals surface area contributed by atoms with Crippen molar-refractivity contribution in [3.8, 4) is 0 Å². The second-order valence-corrected chi connectivity index (χ2v) is 10.3. The molecule has 2 aliphatic heterocycles. The number of aromatic amines is 1. The molecule has 38 heavy (non-hydrogen) atoms. The number of aliphatic hydroxyl groups is 2. The van der Waals surface area contributed by atoms with Crippen molar-refractivity contribution in [1.29, 1.82) is 0 Å². The molecule has 1 atom stereocenters. The van der Waals surface area contributed by atoms with Gasteiger partial charge in [0.15, 0.2) is 23.2 Å². The molecule has 3 N–H and O–H groups in total. The van der Waals surface area contributed by atoms with Gasteiger partial charge in [-0.25, -0.2) is 18.2 Å². The maximum Gasteiger partial charge on any atom is 0.194 e. The fourth-order valence-corrected chi connectivity index (χ4v) is 5.33. The molecule has 0 radical (unpaired) electrons. The molecule has 10 heteroatoms. The number of carbonyl (C=O) groups excluding carboxylic acids is 1. The van der Waals surface area contributed by atoms with Crippen LogP contribution in [0.2, 0.25) is 0 Å². The van der Waals surface area contributed by atoms with E-state index in [1.54, 1.807) is 4.90 Å². The minimum Gasteiger partial charge on any atom is -0.389 e. The maximum absolute atomic E-state index is 13.4. The van der Waals surface area contributed by atoms with Crippen molar-refractivity contribution < 1.29 is 28.2 Å². The number of nitrogens with zero attached hydrogens (tertiary/aromatic N) is 3. The van der Waals surface area contributed by atoms with E-state index in [2.05, 4.69) is 9.88 Å². The highest BCUT2D eigenvalue weighted by Crippen LogP contribution is 2.30. The van der Waals surface area contributed by atoms with E-state index in [1.807, 2.05) is 24.3 Å². The van der Waals surface area contributed by atoms with Gasteiger partial charge in [-0.3, -0.25) is 4.79 Å². The molecule has 0 amide bonds. The molecular weight excluding hydrogens is 497 g/mol. The standard InChI is InChI=1S/C28H31F3N4O3/c29-20-15-19(16-21(30)26(20)31)24(36)7-12-34-13-8-28(38,9-14-34)25(37)17-35-10-5-18(6-11-35)27-32-22-3-1-2-4-23(22)33-27/h1-4,7,12,15-16,18,25,37-38H,5-6,8-11,13-14,17H2,(H,32,33). The van der Waals surface area contributed by atoms with Crippen LogP contribution in [-0.4, -0.2) is 80.2 Å². The lowest BCUT2D eigenvalue weighted by atomic mass is 9.85. The van der Waals surface area contributed by atoms with Crippen molar-refractivity contribution in [1.82, 2.24) is 19.8 Å². The Labute approximate surface area is 218 Å². The fourth-order valence-electron chi connectivity index (χ4n) is 5.33. The summed E-state index contributed by atoms with van der Waals surface area (Å²) in [5.41, 5.74) is 0.469. The molecular formula is C28H31F3N4O3. The van der Waals surface area contributed by atoms with Crippen molar-refractivity contribution in [2.24, 2.45) is 0 Å². The predicted molar refractivity (Wildman–Crippen MR) is 136 cm³/mol. The number of β-amino-alcohol motifs (C(OH)–C–C–N with tert-alkyl or cyclic N) is 1. The lowest BCUT2D eigenvalue weighted by Gasteiger charge is -2.42. The predicted octanol–water partition coefficient (Wildman–Crippen LogP) is 3.74. The van der Waals surface area contributed by atoms with Gasteiger partial charge >= 0.3 is 0 Å². The van der Waals surface area contributed by atoms with Gasteiger partial charge in [0.2, 0.25) is 0 Å². The zero-order valence-electron chi connectivity index (χ0n) is 20.9. The zero-order chi connectivity index (χ0) is 26.9. The third-order valence-corrected chi connectivity index (χ3v) is 7.80. The van der Waals surface area contributed by atoms with Crippen molar-refractivity contribution >= 4 is 16.8 Å². The Hall–Kier alpha value is -3.21. The van der Waals surface area contributed by atoms with E-state index in [1.165, 1.54) is 12.3 Å². The lowest BCUT2D eigenvalue weighted by molar-refractivity contribution is -0.114. The monoisotopic (exact) mass is 528 g/mol. The Balaban J connectivity index is 1.09. The second-order valence-electron chi connectivity index (χ2n) is 10.3. The molecule has 0 saturated carbocycles. The van der Waals surface area contributed by atoms with Gasteiger partial charge in [0.1, 0.15) is 5.82 Å². The van der Waals surface area contributed by atoms with Gasteiger partial charge < -0.3 is 25.0 Å². The fraction of sp³-hybridized carbons (Fsp3) is 0.429. The normalized spacial score (nSPS) is 19.9. The summed E-state index contributed by atoms with van der Waals surface area (Å²) in [5, 5.41) is 22.0. The summed E-state index contributed by atoms with van der Waals surface area (Å²) in [4.78, 5) is 24.4. The molecule has 3 heterocycles. The van der Waals surface area contributed by atoms with Gasteiger partial charge in [-0.05, 0) is 63.0 Å². The Morgan fingerprint density at radius 1 is 1.11 bits per heavy atom. The summed E-state index contributed by atoms with van der Waals surface area (Å²) < 4.78 is 39.9. The number of carbonyl (C=O) groups is 1. The van der Waals surface area contributed by atoms with E-state index in [9.17, 15) is 28.2 Å². The van der Waals surface area contributed by atoms with Crippen LogP contribution in [0.25, 0.3) is 11.0 Å². The summed E-state index contributed by atoms with van der Waals surface area (Å²) in [7, 11) is 0. The zero-order valence-corrected chi connectivity index (χ0v) is 20.9. The number of ketones is 1. The number of H-pyrrole nitrogens is 1. The molecule has 2 fully saturated rings. The second kappa shape index (κ2) is 10.9. The summed E-state index contributed by atoms with van der Waals surface area (Å²) in [6, 6.07) is 9.29. The van der Waals surface area contributed by atoms with Crippen molar-refractivity contribution in [2.75, 3.05) is 32.7 Å². The Morgan fingerprint density at radius 3 is 2.42 bits per heavy atom. The average molecular weight is 529 g/mol. The summed E-state index contributed by atoms with van der Waals surface area (Å²) in [6.45, 7) is 2.78. The lowest BCUT2D eigenvalue weighted by Crippen LogP contribution is -2.54. The minimum atomic E-state index is -1.62. The van der Waals surface area contributed by atoms with Gasteiger partial charge in [-0.2, -0.15) is 0 Å². The van der Waals surface area contributed by atoms with Gasteiger partial charge in [-0.15, -0.1) is 0 Å². The number of aliphatic hydroxyl groups excluding tert-OH is 1. The van der Waals surface area contributed by atoms with Crippen molar-refractivity contribution in [3.63, 3.8) is 0 Å². The number of nitrogens with one attached hydrogen (secondary N) is 1. The molecule has 202 valence electrons. The number of allylic oxidation sites excluding steroid dienone is 1. The number of likely N-dealkylation sites (tertiary alicyclic amines) is 2. The SMILES string of the molecule is O=C(C=CN1CCC(O)(C(O)CN2CCC(c3nc4ccccc4[nH]3)CC2)CC1)c1cc(F)c(F)c(F)c1. The summed E-state index contributed by atoms with van der Waals surface area (Å²) >= 11 is 0. The van der Waals surface area contributed by atoms with Gasteiger partial charge in [0, 0.05) is 43.4 Å². The van der Waals surface area contributed by atoms with E-state index in [0.29, 0.717) is 50.5 Å². The summed E-state index contributed by atoms with van der Waals surface area (Å²) in [6.07, 6.45) is 4.20. The number of hydrogen-bond donors (Lipinski definition) is 3. The van der Waals surface area contributed by atoms with Crippen LogP contribution in [0.5, 0.6) is 0 Å². The first-order valence-corrected chi connectivity index (χ1v) is 12.9. The van der Waals surface area contributed by atoms with E-state index >= 15 is 0 Å². The third-order valence-electron chi connectivity index (χ3n) is 7.80. The minimum absolute atomic E-state index is 0.286. The molecule has 5 rings (SSSR count). The van der Waals surface area contributed by atoms with Crippen LogP contribution in [0.15, 0.2) is 48.7 Å². The van der Waals surface area contributed by atoms with E-state index in [4.69, 9.17) is 4.98 Å². The molecule has 1 unspecified atom stereocenters. The number of piperidine rings is 2. The molecule has 1 aromatic heterocycles. The first-order valence-electron chi connectivity index (χ1n) is 12.9. The first-order chi connectivity index (χ1) is 18.2. The highest BCUT2D eigenvalue weighted by atomic mass is 19.2. The number of para-hydroxylation sites is 2. The Kier molecular flexibility index (Phi) is 7.56. The molecule has 3 aromatic rings. The highest BCUT2D eigenvalue weighted by Gasteiger charge is 2.39. The Bertz CT molecular complexity index is 1270. The average Bonchev–Trinajstić information content (AvgIpc) is 3.36. The van der Waals surface area contributed by atoms with Crippen molar-refractivity contribution in [2.45, 2.75) is 43.3 Å². The molecule has 0 spiro atoms. The molecule has 7 nitrogen and oxygen atoms in total. The third kappa shape index (κ3) is 5.62. The highest BCUT2D eigenvalue weighted by molar-refractivity contribution is 6.04. The number of benzene rings is 2. The van der Waals surface area contributed by atoms with Crippen LogP contribution >= 0.6 is 0 Å². The number of rotatable bonds is 7. The molecule has 2 aliphatic rings. The van der Waals surface area contributed by atoms with Crippen molar-refractivity contribution in [3.05, 3.63) is 77.5 Å². The number of halogens is 3. The summed E-state index contributed by atoms with van der Waals surface area (Å²) in [5.74, 6) is -3.78. The van der Waals surface area contributed by atoms with Gasteiger partial charge in [-0.1, -0.05) is 12.1 Å². The van der Waals surface area contributed by atoms with Crippen LogP contribution in [0.3, 0.4) is 0 Å². The smallest absolute Gasteiger partial charge is 0.194 e. The molecule has 0 bridgehead atoms. The van der Waals surface area contributed by atoms with Crippen LogP contribution in [-0.2, 0) is 0 Å². The van der Waals surface area contributed by atoms with E-state index in [0.717, 1.165) is 42.8 Å². The Morgan fingerprint density at radius 2 is 1.76 bits per heavy atom. The van der Waals surface area contributed by atoms with Crippen LogP contribution < -0.4 is 0 Å². The van der Waals surface area contributed by atoms with E-state index in [-0.39, 0.29) is 5.56 Å². The topological polar surface area (TPSA) is 92.7 Å². The van der Waals surface area contributed by atoms with Gasteiger partial charge in [0.05, 0.1) is 22.7 Å². The molecule has 2 aromatic carbocycles. The molecule has 2 saturated heterocycles. The molecule has 0 aliphatic carbocycles. The van der Waals surface area contributed by atoms with Crippen LogP contribution in [0.1, 0.15) is 47.8 Å². The largest absolute Gasteiger partial charge is 0.389 e. The number of hydrogen-bond acceptors (Lipinski definition) is 6.